The maximum absolute atomic E-state index is 5.85. The zero-order chi connectivity index (χ0) is 16.4. The molecule has 0 bridgehead atoms. The van der Waals surface area contributed by atoms with Gasteiger partial charge in [-0.3, -0.25) is 0 Å². The Bertz CT molecular complexity index is 641. The van der Waals surface area contributed by atoms with Gasteiger partial charge in [0.05, 0.1) is 24.2 Å². The molecule has 0 N–H and O–H groups in total. The van der Waals surface area contributed by atoms with Crippen LogP contribution in [0.4, 0.5) is 0 Å². The van der Waals surface area contributed by atoms with Crippen LogP contribution in [-0.4, -0.2) is 31.3 Å². The Balaban J connectivity index is 1.78. The molecule has 3 rings (SSSR count). The van der Waals surface area contributed by atoms with Crippen molar-refractivity contribution in [3.63, 3.8) is 0 Å². The normalized spacial score (nSPS) is 21.0. The van der Waals surface area contributed by atoms with Gasteiger partial charge in [-0.1, -0.05) is 13.8 Å². The van der Waals surface area contributed by atoms with E-state index in [4.69, 9.17) is 4.74 Å². The van der Waals surface area contributed by atoms with Gasteiger partial charge >= 0.3 is 0 Å². The van der Waals surface area contributed by atoms with Gasteiger partial charge in [-0.15, -0.1) is 0 Å². The molecule has 2 aromatic rings. The number of hydrogen-bond donors (Lipinski definition) is 0. The summed E-state index contributed by atoms with van der Waals surface area (Å²) in [6, 6.07) is 0. The summed E-state index contributed by atoms with van der Waals surface area (Å²) in [6.45, 7) is 11.5. The van der Waals surface area contributed by atoms with Crippen molar-refractivity contribution in [1.29, 1.82) is 0 Å². The molecule has 0 aliphatic carbocycles. The van der Waals surface area contributed by atoms with Gasteiger partial charge in [-0.2, -0.15) is 0 Å². The molecular weight excluding hydrogens is 288 g/mol. The maximum atomic E-state index is 5.85. The van der Waals surface area contributed by atoms with Crippen LogP contribution in [0.15, 0.2) is 24.9 Å². The van der Waals surface area contributed by atoms with Gasteiger partial charge in [0.1, 0.15) is 5.82 Å². The molecule has 5 nitrogen and oxygen atoms in total. The Hall–Kier alpha value is -1.62. The fraction of sp³-hybridized carbons (Fsp3) is 0.667. The molecule has 3 heterocycles. The summed E-state index contributed by atoms with van der Waals surface area (Å²) in [5, 5.41) is 0. The van der Waals surface area contributed by atoms with E-state index in [0.717, 1.165) is 32.5 Å². The molecule has 0 radical (unpaired) electrons. The van der Waals surface area contributed by atoms with Crippen molar-refractivity contribution >= 4 is 0 Å². The lowest BCUT2D eigenvalue weighted by atomic mass is 9.88. The van der Waals surface area contributed by atoms with Gasteiger partial charge in [0, 0.05) is 37.7 Å². The van der Waals surface area contributed by atoms with Crippen LogP contribution in [-0.2, 0) is 17.8 Å². The van der Waals surface area contributed by atoms with Crippen LogP contribution in [0.25, 0.3) is 0 Å². The molecule has 126 valence electrons. The molecular formula is C18H28N4O. The molecule has 0 spiro atoms. The van der Waals surface area contributed by atoms with Crippen molar-refractivity contribution < 1.29 is 4.74 Å². The van der Waals surface area contributed by atoms with Crippen molar-refractivity contribution in [2.45, 2.75) is 65.1 Å². The minimum atomic E-state index is -0.0564. The summed E-state index contributed by atoms with van der Waals surface area (Å²) in [6.07, 6.45) is 9.98. The monoisotopic (exact) mass is 316 g/mol. The van der Waals surface area contributed by atoms with Crippen LogP contribution >= 0.6 is 0 Å². The fourth-order valence-corrected chi connectivity index (χ4v) is 3.48. The van der Waals surface area contributed by atoms with Gasteiger partial charge < -0.3 is 13.9 Å². The first kappa shape index (κ1) is 16.2. The van der Waals surface area contributed by atoms with Crippen LogP contribution in [0.2, 0.25) is 0 Å². The molecule has 0 aromatic carbocycles. The predicted octanol–water partition coefficient (Wildman–Crippen LogP) is 3.46. The summed E-state index contributed by atoms with van der Waals surface area (Å²) in [4.78, 5) is 8.98. The number of aromatic nitrogens is 4. The van der Waals surface area contributed by atoms with Gasteiger partial charge in [-0.25, -0.2) is 9.97 Å². The minimum Gasteiger partial charge on any atom is -0.376 e. The SMILES string of the molecule is CC(C)Cn1cncc1Cn1ccnc1[C@H]1CCOC(C)(C)C1. The lowest BCUT2D eigenvalue weighted by molar-refractivity contribution is -0.0606. The van der Waals surface area contributed by atoms with Gasteiger partial charge in [0.15, 0.2) is 0 Å². The number of nitrogens with zero attached hydrogens (tertiary/aromatic N) is 4. The first-order chi connectivity index (χ1) is 10.9. The third-order valence-corrected chi connectivity index (χ3v) is 4.50. The first-order valence-corrected chi connectivity index (χ1v) is 8.58. The highest BCUT2D eigenvalue weighted by molar-refractivity contribution is 5.08. The van der Waals surface area contributed by atoms with E-state index in [1.54, 1.807) is 0 Å². The van der Waals surface area contributed by atoms with Gasteiger partial charge in [0.2, 0.25) is 0 Å². The third-order valence-electron chi connectivity index (χ3n) is 4.50. The summed E-state index contributed by atoms with van der Waals surface area (Å²) in [5.41, 5.74) is 1.18. The van der Waals surface area contributed by atoms with Crippen LogP contribution in [0.3, 0.4) is 0 Å². The van der Waals surface area contributed by atoms with E-state index in [9.17, 15) is 0 Å². The number of rotatable bonds is 5. The molecule has 2 aromatic heterocycles. The molecule has 1 aliphatic rings. The molecule has 0 saturated carbocycles. The smallest absolute Gasteiger partial charge is 0.112 e. The van der Waals surface area contributed by atoms with Crippen LogP contribution in [0.1, 0.15) is 58.0 Å². The highest BCUT2D eigenvalue weighted by atomic mass is 16.5. The average molecular weight is 316 g/mol. The zero-order valence-electron chi connectivity index (χ0n) is 14.7. The third kappa shape index (κ3) is 3.83. The quantitative estimate of drug-likeness (QED) is 0.848. The maximum Gasteiger partial charge on any atom is 0.112 e. The Kier molecular flexibility index (Phi) is 4.57. The second-order valence-corrected chi connectivity index (χ2v) is 7.64. The van der Waals surface area contributed by atoms with E-state index >= 15 is 0 Å². The molecule has 5 heteroatoms. The first-order valence-electron chi connectivity index (χ1n) is 8.58. The van der Waals surface area contributed by atoms with E-state index in [-0.39, 0.29) is 5.60 Å². The molecule has 1 aliphatic heterocycles. The highest BCUT2D eigenvalue weighted by Crippen LogP contribution is 2.34. The van der Waals surface area contributed by atoms with Gasteiger partial charge in [0.25, 0.3) is 0 Å². The Morgan fingerprint density at radius 2 is 2.17 bits per heavy atom. The second kappa shape index (κ2) is 6.48. The van der Waals surface area contributed by atoms with E-state index in [1.807, 2.05) is 18.7 Å². The molecule has 0 amide bonds. The Labute approximate surface area is 138 Å². The van der Waals surface area contributed by atoms with Crippen molar-refractivity contribution in [1.82, 2.24) is 19.1 Å². The Morgan fingerprint density at radius 3 is 2.91 bits per heavy atom. The van der Waals surface area contributed by atoms with Crippen LogP contribution in [0.5, 0.6) is 0 Å². The summed E-state index contributed by atoms with van der Waals surface area (Å²) < 4.78 is 10.4. The predicted molar refractivity (Wildman–Crippen MR) is 90.4 cm³/mol. The number of imidazole rings is 2. The summed E-state index contributed by atoms with van der Waals surface area (Å²) in [5.74, 6) is 2.26. The summed E-state index contributed by atoms with van der Waals surface area (Å²) in [7, 11) is 0. The topological polar surface area (TPSA) is 44.9 Å². The standard InChI is InChI=1S/C18H28N4O/c1-14(2)11-22-13-19-10-16(22)12-21-7-6-20-17(21)15-5-8-23-18(3,4)9-15/h6-7,10,13-15H,5,8-9,11-12H2,1-4H3/t15-/m0/s1. The van der Waals surface area contributed by atoms with E-state index in [0.29, 0.717) is 11.8 Å². The van der Waals surface area contributed by atoms with E-state index < -0.39 is 0 Å². The zero-order valence-corrected chi connectivity index (χ0v) is 14.7. The van der Waals surface area contributed by atoms with E-state index in [2.05, 4.69) is 53.0 Å². The molecule has 23 heavy (non-hydrogen) atoms. The van der Waals surface area contributed by atoms with Crippen molar-refractivity contribution in [2.75, 3.05) is 6.61 Å². The molecule has 0 unspecified atom stereocenters. The van der Waals surface area contributed by atoms with Crippen molar-refractivity contribution in [3.8, 4) is 0 Å². The van der Waals surface area contributed by atoms with Crippen molar-refractivity contribution in [3.05, 3.63) is 36.4 Å². The summed E-state index contributed by atoms with van der Waals surface area (Å²) >= 11 is 0. The number of hydrogen-bond acceptors (Lipinski definition) is 3. The molecule has 1 fully saturated rings. The average Bonchev–Trinajstić information content (AvgIpc) is 3.08. The lowest BCUT2D eigenvalue weighted by Crippen LogP contribution is -2.34. The second-order valence-electron chi connectivity index (χ2n) is 7.64. The molecule has 1 atom stereocenters. The minimum absolute atomic E-state index is 0.0564. The molecule has 1 saturated heterocycles. The van der Waals surface area contributed by atoms with E-state index in [1.165, 1.54) is 11.5 Å². The lowest BCUT2D eigenvalue weighted by Gasteiger charge is -2.35. The van der Waals surface area contributed by atoms with Crippen molar-refractivity contribution in [2.24, 2.45) is 5.92 Å². The fourth-order valence-electron chi connectivity index (χ4n) is 3.48. The number of ether oxygens (including phenoxy) is 1. The highest BCUT2D eigenvalue weighted by Gasteiger charge is 2.31. The van der Waals surface area contributed by atoms with Crippen LogP contribution < -0.4 is 0 Å². The van der Waals surface area contributed by atoms with Gasteiger partial charge in [-0.05, 0) is 32.6 Å². The largest absolute Gasteiger partial charge is 0.376 e. The van der Waals surface area contributed by atoms with Crippen LogP contribution in [0, 0.1) is 5.92 Å². The Morgan fingerprint density at radius 1 is 1.35 bits per heavy atom.